The summed E-state index contributed by atoms with van der Waals surface area (Å²) < 4.78 is 8.16. The van der Waals surface area contributed by atoms with Crippen molar-refractivity contribution in [3.8, 4) is 17.3 Å². The molecule has 11 nitrogen and oxygen atoms in total. The van der Waals surface area contributed by atoms with Crippen LogP contribution in [0.2, 0.25) is 0 Å². The normalized spacial score (nSPS) is 18.2. The molecule has 1 aliphatic rings. The lowest BCUT2D eigenvalue weighted by Crippen LogP contribution is -2.47. The number of benzene rings is 1. The smallest absolute Gasteiger partial charge is 0.322 e. The van der Waals surface area contributed by atoms with Crippen molar-refractivity contribution in [2.75, 3.05) is 7.11 Å². The van der Waals surface area contributed by atoms with Crippen molar-refractivity contribution >= 4 is 22.7 Å². The number of nitrogens with zero attached hydrogens (tertiary/aromatic N) is 5. The number of hydrogen-bond acceptors (Lipinski definition) is 7. The predicted molar refractivity (Wildman–Crippen MR) is 108 cm³/mol. The summed E-state index contributed by atoms with van der Waals surface area (Å²) in [5.41, 5.74) is -0.703. The van der Waals surface area contributed by atoms with Gasteiger partial charge in [0.1, 0.15) is 11.4 Å². The maximum Gasteiger partial charge on any atom is 0.322 e. The average Bonchev–Trinajstić information content (AvgIpc) is 3.46. The molecule has 0 saturated carbocycles. The van der Waals surface area contributed by atoms with Gasteiger partial charge in [0, 0.05) is 23.2 Å². The molecule has 4 heterocycles. The highest BCUT2D eigenvalue weighted by atomic mass is 16.5. The van der Waals surface area contributed by atoms with E-state index in [1.807, 2.05) is 0 Å². The maximum atomic E-state index is 12.9. The fraction of sp³-hybridized carbons (Fsp3) is 0.150. The van der Waals surface area contributed by atoms with Crippen LogP contribution in [0.1, 0.15) is 5.69 Å². The van der Waals surface area contributed by atoms with Crippen LogP contribution in [0, 0.1) is 0 Å². The zero-order chi connectivity index (χ0) is 21.6. The zero-order valence-corrected chi connectivity index (χ0v) is 16.3. The topological polar surface area (TPSA) is 136 Å². The second kappa shape index (κ2) is 6.83. The van der Waals surface area contributed by atoms with Crippen LogP contribution in [0.25, 0.3) is 16.5 Å². The van der Waals surface area contributed by atoms with E-state index >= 15 is 0 Å². The van der Waals surface area contributed by atoms with Crippen molar-refractivity contribution < 1.29 is 19.4 Å². The van der Waals surface area contributed by atoms with E-state index in [0.717, 1.165) is 5.39 Å². The Kier molecular flexibility index (Phi) is 4.10. The second-order valence-electron chi connectivity index (χ2n) is 7.11. The van der Waals surface area contributed by atoms with E-state index in [9.17, 15) is 14.7 Å². The number of carbonyl (C=O) groups excluding carboxylic acids is 2. The van der Waals surface area contributed by atoms with E-state index in [2.05, 4.69) is 25.9 Å². The van der Waals surface area contributed by atoms with Crippen LogP contribution in [0.4, 0.5) is 4.79 Å². The number of aromatic hydroxyl groups is 1. The number of fused-ring (bicyclic) bond motifs is 1. The number of urea groups is 1. The van der Waals surface area contributed by atoms with Crippen molar-refractivity contribution in [3.05, 3.63) is 60.8 Å². The van der Waals surface area contributed by atoms with E-state index < -0.39 is 17.5 Å². The first-order valence-corrected chi connectivity index (χ1v) is 9.33. The summed E-state index contributed by atoms with van der Waals surface area (Å²) in [5.74, 6) is -0.0751. The molecule has 1 aliphatic heterocycles. The van der Waals surface area contributed by atoms with E-state index in [4.69, 9.17) is 4.74 Å². The lowest BCUT2D eigenvalue weighted by molar-refractivity contribution is -0.125. The van der Waals surface area contributed by atoms with Gasteiger partial charge in [-0.15, -0.1) is 5.10 Å². The highest BCUT2D eigenvalue weighted by molar-refractivity contribution is 6.07. The lowest BCUT2D eigenvalue weighted by Gasteiger charge is -2.24. The van der Waals surface area contributed by atoms with Crippen LogP contribution in [0.15, 0.2) is 55.1 Å². The van der Waals surface area contributed by atoms with Crippen molar-refractivity contribution in [3.63, 3.8) is 0 Å². The van der Waals surface area contributed by atoms with Gasteiger partial charge in [-0.2, -0.15) is 0 Å². The summed E-state index contributed by atoms with van der Waals surface area (Å²) in [6.07, 6.45) is 6.46. The molecule has 1 fully saturated rings. The molecule has 156 valence electrons. The number of nitrogens with one attached hydrogen (secondary N) is 2. The number of methoxy groups -OCH3 is 1. The number of aromatic nitrogens is 5. The molecule has 0 radical (unpaired) electrons. The van der Waals surface area contributed by atoms with Gasteiger partial charge in [-0.25, -0.2) is 9.48 Å². The maximum absolute atomic E-state index is 12.9. The molecule has 0 spiro atoms. The lowest BCUT2D eigenvalue weighted by atomic mass is 9.96. The monoisotopic (exact) mass is 419 g/mol. The Labute approximate surface area is 175 Å². The fourth-order valence-corrected chi connectivity index (χ4v) is 3.67. The van der Waals surface area contributed by atoms with E-state index in [-0.39, 0.29) is 18.1 Å². The number of ether oxygens (including phenoxy) is 1. The Morgan fingerprint density at radius 2 is 2.10 bits per heavy atom. The molecule has 0 unspecified atom stereocenters. The van der Waals surface area contributed by atoms with Gasteiger partial charge in [0.25, 0.3) is 5.91 Å². The van der Waals surface area contributed by atoms with Crippen molar-refractivity contribution in [1.29, 1.82) is 0 Å². The third kappa shape index (κ3) is 2.94. The molecule has 31 heavy (non-hydrogen) atoms. The van der Waals surface area contributed by atoms with Crippen LogP contribution in [-0.2, 0) is 16.9 Å². The minimum Gasteiger partial charge on any atom is -0.497 e. The third-order valence-electron chi connectivity index (χ3n) is 5.26. The summed E-state index contributed by atoms with van der Waals surface area (Å²) in [4.78, 5) is 29.0. The number of rotatable bonds is 5. The molecule has 1 atom stereocenters. The van der Waals surface area contributed by atoms with Gasteiger partial charge in [0.2, 0.25) is 0 Å². The summed E-state index contributed by atoms with van der Waals surface area (Å²) in [7, 11) is 1.54. The summed E-state index contributed by atoms with van der Waals surface area (Å²) in [6, 6.07) is 8.13. The molecule has 0 aliphatic carbocycles. The molecule has 4 aromatic rings. The molecule has 3 aromatic heterocycles. The number of carbonyl (C=O) groups is 2. The summed E-state index contributed by atoms with van der Waals surface area (Å²) in [5, 5.41) is 25.2. The fourth-order valence-electron chi connectivity index (χ4n) is 3.67. The third-order valence-corrected chi connectivity index (χ3v) is 5.26. The first-order valence-electron chi connectivity index (χ1n) is 9.33. The Bertz CT molecular complexity index is 1310. The van der Waals surface area contributed by atoms with Gasteiger partial charge in [0.15, 0.2) is 11.4 Å². The van der Waals surface area contributed by atoms with Gasteiger partial charge in [-0.05, 0) is 30.3 Å². The van der Waals surface area contributed by atoms with Gasteiger partial charge in [-0.3, -0.25) is 15.1 Å². The van der Waals surface area contributed by atoms with Crippen molar-refractivity contribution in [2.45, 2.75) is 12.1 Å². The molecular formula is C20H17N7O4. The summed E-state index contributed by atoms with van der Waals surface area (Å²) >= 11 is 0. The first kappa shape index (κ1) is 18.6. The van der Waals surface area contributed by atoms with E-state index in [1.54, 1.807) is 55.1 Å². The molecule has 5 rings (SSSR count). The zero-order valence-electron chi connectivity index (χ0n) is 16.3. The number of hydrogen-bond donors (Lipinski definition) is 3. The van der Waals surface area contributed by atoms with Crippen LogP contribution < -0.4 is 15.4 Å². The SMILES string of the molecule is COc1ccc2cn(C[C@@]3(c4cn(-c5cccnc5)nn4)NC(=O)NC3=O)c(O)c2c1. The van der Waals surface area contributed by atoms with Crippen LogP contribution in [0.3, 0.4) is 0 Å². The van der Waals surface area contributed by atoms with Crippen LogP contribution >= 0.6 is 0 Å². The Morgan fingerprint density at radius 1 is 1.23 bits per heavy atom. The van der Waals surface area contributed by atoms with Gasteiger partial charge >= 0.3 is 6.03 Å². The molecule has 0 bridgehead atoms. The number of imide groups is 1. The van der Waals surface area contributed by atoms with Crippen molar-refractivity contribution in [2.24, 2.45) is 0 Å². The average molecular weight is 419 g/mol. The summed E-state index contributed by atoms with van der Waals surface area (Å²) in [6.45, 7) is -0.0981. The quantitative estimate of drug-likeness (QED) is 0.412. The molecular weight excluding hydrogens is 402 g/mol. The van der Waals surface area contributed by atoms with Gasteiger partial charge in [-0.1, -0.05) is 5.21 Å². The number of pyridine rings is 1. The molecule has 3 amide bonds. The standard InChI is InChI=1S/C20H17N7O4/c1-31-14-5-4-12-9-26(17(28)15(12)7-14)11-20(18(29)22-19(30)23-20)16-10-27(25-24-16)13-3-2-6-21-8-13/h2-10,28H,11H2,1H3,(H2,22,23,29,30)/t20-/m0/s1. The predicted octanol–water partition coefficient (Wildman–Crippen LogP) is 1.07. The van der Waals surface area contributed by atoms with Gasteiger partial charge < -0.3 is 19.7 Å². The highest BCUT2D eigenvalue weighted by Crippen LogP contribution is 2.34. The Hall–Kier alpha value is -4.41. The van der Waals surface area contributed by atoms with Gasteiger partial charge in [0.05, 0.1) is 31.7 Å². The van der Waals surface area contributed by atoms with E-state index in [0.29, 0.717) is 16.8 Å². The molecule has 3 N–H and O–H groups in total. The molecule has 1 saturated heterocycles. The second-order valence-corrected chi connectivity index (χ2v) is 7.11. The largest absolute Gasteiger partial charge is 0.497 e. The van der Waals surface area contributed by atoms with Crippen LogP contribution in [-0.4, -0.2) is 48.7 Å². The first-order chi connectivity index (χ1) is 15.0. The number of amides is 3. The van der Waals surface area contributed by atoms with Crippen LogP contribution in [0.5, 0.6) is 11.6 Å². The molecule has 11 heteroatoms. The molecule has 1 aromatic carbocycles. The minimum atomic E-state index is -1.56. The Balaban J connectivity index is 1.59. The van der Waals surface area contributed by atoms with Crippen molar-refractivity contribution in [1.82, 2.24) is 35.2 Å². The highest BCUT2D eigenvalue weighted by Gasteiger charge is 2.50. The van der Waals surface area contributed by atoms with E-state index in [1.165, 1.54) is 16.4 Å². The Morgan fingerprint density at radius 3 is 2.81 bits per heavy atom. The minimum absolute atomic E-state index is 0.0677.